The first kappa shape index (κ1) is 19.9. The van der Waals surface area contributed by atoms with Crippen molar-refractivity contribution in [1.29, 1.82) is 0 Å². The van der Waals surface area contributed by atoms with E-state index >= 15 is 0 Å². The van der Waals surface area contributed by atoms with Gasteiger partial charge in [-0.05, 0) is 35.4 Å². The number of aromatic hydroxyl groups is 1. The van der Waals surface area contributed by atoms with Crippen molar-refractivity contribution in [3.05, 3.63) is 78.4 Å². The number of carboxylic acids is 1. The van der Waals surface area contributed by atoms with Crippen LogP contribution in [0.5, 0.6) is 5.75 Å². The summed E-state index contributed by atoms with van der Waals surface area (Å²) in [5.41, 5.74) is 5.50. The molecule has 8 nitrogen and oxygen atoms in total. The summed E-state index contributed by atoms with van der Waals surface area (Å²) in [5, 5.41) is 19.4. The average Bonchev–Trinajstić information content (AvgIpc) is 2.69. The molecule has 0 atom stereocenters. The predicted octanol–water partition coefficient (Wildman–Crippen LogP) is 3.03. The minimum Gasteiger partial charge on any atom is -0.505 e. The third-order valence-corrected chi connectivity index (χ3v) is 5.85. The molecule has 0 aliphatic carbocycles. The molecule has 0 radical (unpaired) electrons. The predicted molar refractivity (Wildman–Crippen MR) is 106 cm³/mol. The second-order valence-electron chi connectivity index (χ2n) is 5.98. The van der Waals surface area contributed by atoms with E-state index in [9.17, 15) is 23.1 Å². The summed E-state index contributed by atoms with van der Waals surface area (Å²) >= 11 is 0. The Morgan fingerprint density at radius 2 is 1.48 bits per heavy atom. The van der Waals surface area contributed by atoms with E-state index in [2.05, 4.69) is 0 Å². The van der Waals surface area contributed by atoms with Gasteiger partial charge in [0.1, 0.15) is 11.3 Å². The Morgan fingerprint density at radius 1 is 0.862 bits per heavy atom. The molecule has 0 saturated heterocycles. The number of rotatable bonds is 5. The summed E-state index contributed by atoms with van der Waals surface area (Å²) < 4.78 is 26.5. The van der Waals surface area contributed by atoms with Crippen molar-refractivity contribution in [2.75, 3.05) is 4.31 Å². The number of carbonyl (C=O) groups is 2. The van der Waals surface area contributed by atoms with E-state index < -0.39 is 39.0 Å². The van der Waals surface area contributed by atoms with Gasteiger partial charge >= 0.3 is 12.0 Å². The molecule has 0 aliphatic heterocycles. The van der Waals surface area contributed by atoms with E-state index in [1.807, 2.05) is 6.07 Å². The van der Waals surface area contributed by atoms with Crippen LogP contribution in [0.3, 0.4) is 0 Å². The molecular formula is C20H16N2O6S. The van der Waals surface area contributed by atoms with Gasteiger partial charge < -0.3 is 15.9 Å². The van der Waals surface area contributed by atoms with Crippen molar-refractivity contribution >= 4 is 27.7 Å². The van der Waals surface area contributed by atoms with Crippen molar-refractivity contribution in [2.24, 2.45) is 5.73 Å². The quantitative estimate of drug-likeness (QED) is 0.589. The van der Waals surface area contributed by atoms with Gasteiger partial charge in [-0.25, -0.2) is 18.0 Å². The highest BCUT2D eigenvalue weighted by atomic mass is 32.2. The summed E-state index contributed by atoms with van der Waals surface area (Å²) in [5.74, 6) is -2.38. The third kappa shape index (κ3) is 3.76. The van der Waals surface area contributed by atoms with Crippen LogP contribution in [-0.4, -0.2) is 30.6 Å². The molecule has 0 unspecified atom stereocenters. The molecule has 0 aromatic heterocycles. The topological polar surface area (TPSA) is 138 Å². The third-order valence-electron chi connectivity index (χ3n) is 4.14. The van der Waals surface area contributed by atoms with E-state index in [0.717, 1.165) is 17.7 Å². The highest BCUT2D eigenvalue weighted by molar-refractivity contribution is 7.93. The van der Waals surface area contributed by atoms with Crippen LogP contribution in [0.4, 0.5) is 10.5 Å². The maximum atomic E-state index is 13.2. The first-order valence-electron chi connectivity index (χ1n) is 8.29. The van der Waals surface area contributed by atoms with Gasteiger partial charge in [0.15, 0.2) is 5.75 Å². The Bertz CT molecular complexity index is 1190. The van der Waals surface area contributed by atoms with Crippen molar-refractivity contribution in [2.45, 2.75) is 4.90 Å². The van der Waals surface area contributed by atoms with Gasteiger partial charge in [-0.3, -0.25) is 0 Å². The number of para-hydroxylation sites is 1. The molecule has 148 valence electrons. The summed E-state index contributed by atoms with van der Waals surface area (Å²) in [6.07, 6.45) is 0. The number of carbonyl (C=O) groups excluding carboxylic acids is 1. The van der Waals surface area contributed by atoms with Gasteiger partial charge in [0.05, 0.1) is 4.90 Å². The number of hydrogen-bond donors (Lipinski definition) is 3. The lowest BCUT2D eigenvalue weighted by Crippen LogP contribution is -2.41. The molecular weight excluding hydrogens is 396 g/mol. The first-order valence-corrected chi connectivity index (χ1v) is 9.73. The Kier molecular flexibility index (Phi) is 5.24. The van der Waals surface area contributed by atoms with Gasteiger partial charge in [0, 0.05) is 0 Å². The number of nitrogens with two attached hydrogens (primary N) is 1. The Morgan fingerprint density at radius 3 is 2.10 bits per heavy atom. The molecule has 0 fully saturated rings. The number of aromatic carboxylic acids is 1. The number of sulfonamides is 1. The number of benzene rings is 3. The minimum absolute atomic E-state index is 0.179. The van der Waals surface area contributed by atoms with E-state index in [4.69, 9.17) is 10.8 Å². The molecule has 0 heterocycles. The highest BCUT2D eigenvalue weighted by Gasteiger charge is 2.33. The lowest BCUT2D eigenvalue weighted by Gasteiger charge is -2.22. The summed E-state index contributed by atoms with van der Waals surface area (Å²) in [7, 11) is -4.54. The zero-order valence-electron chi connectivity index (χ0n) is 14.9. The van der Waals surface area contributed by atoms with Crippen LogP contribution in [0.25, 0.3) is 11.1 Å². The Labute approximate surface area is 166 Å². The zero-order chi connectivity index (χ0) is 21.2. The molecule has 2 amide bonds. The maximum absolute atomic E-state index is 13.2. The number of primary amides is 1. The monoisotopic (exact) mass is 412 g/mol. The minimum atomic E-state index is -4.54. The normalized spacial score (nSPS) is 11.0. The van der Waals surface area contributed by atoms with Crippen LogP contribution in [0.1, 0.15) is 10.4 Å². The van der Waals surface area contributed by atoms with Gasteiger partial charge in [-0.1, -0.05) is 48.5 Å². The molecule has 3 rings (SSSR count). The number of anilines is 1. The van der Waals surface area contributed by atoms with Crippen LogP contribution in [-0.2, 0) is 10.0 Å². The molecule has 0 spiro atoms. The Hall–Kier alpha value is -3.85. The van der Waals surface area contributed by atoms with Crippen molar-refractivity contribution in [3.8, 4) is 16.9 Å². The van der Waals surface area contributed by atoms with E-state index in [-0.39, 0.29) is 9.20 Å². The average molecular weight is 412 g/mol. The highest BCUT2D eigenvalue weighted by Crippen LogP contribution is 2.35. The maximum Gasteiger partial charge on any atom is 0.339 e. The molecule has 3 aromatic carbocycles. The van der Waals surface area contributed by atoms with Crippen LogP contribution in [0, 0.1) is 0 Å². The molecule has 0 bridgehead atoms. The fourth-order valence-corrected chi connectivity index (χ4v) is 4.19. The first-order chi connectivity index (χ1) is 13.7. The number of urea groups is 1. The van der Waals surface area contributed by atoms with Crippen LogP contribution in [0.2, 0.25) is 0 Å². The molecule has 0 saturated carbocycles. The number of amides is 2. The summed E-state index contributed by atoms with van der Waals surface area (Å²) in [6, 6.07) is 16.8. The SMILES string of the molecule is NC(=O)N(c1cccc(C(=O)O)c1O)S(=O)(=O)c1cccc(-c2ccccc2)c1. The fourth-order valence-electron chi connectivity index (χ4n) is 2.81. The van der Waals surface area contributed by atoms with Crippen molar-refractivity contribution < 1.29 is 28.2 Å². The molecule has 3 aromatic rings. The summed E-state index contributed by atoms with van der Waals surface area (Å²) in [4.78, 5) is 23.0. The summed E-state index contributed by atoms with van der Waals surface area (Å²) in [6.45, 7) is 0. The van der Waals surface area contributed by atoms with Gasteiger partial charge in [0.25, 0.3) is 10.0 Å². The van der Waals surface area contributed by atoms with Gasteiger partial charge in [0.2, 0.25) is 0 Å². The largest absolute Gasteiger partial charge is 0.505 e. The Balaban J connectivity index is 2.16. The molecule has 9 heteroatoms. The van der Waals surface area contributed by atoms with Crippen molar-refractivity contribution in [1.82, 2.24) is 0 Å². The standard InChI is InChI=1S/C20H16N2O6S/c21-20(26)22(17-11-5-10-16(18(17)23)19(24)25)29(27,28)15-9-4-8-14(12-15)13-6-2-1-3-7-13/h1-12,23H,(H2,21,26)(H,24,25). The lowest BCUT2D eigenvalue weighted by molar-refractivity contribution is 0.0693. The molecule has 4 N–H and O–H groups in total. The zero-order valence-corrected chi connectivity index (χ0v) is 15.7. The van der Waals surface area contributed by atoms with Crippen LogP contribution >= 0.6 is 0 Å². The number of hydrogen-bond acceptors (Lipinski definition) is 5. The smallest absolute Gasteiger partial charge is 0.339 e. The van der Waals surface area contributed by atoms with E-state index in [0.29, 0.717) is 5.56 Å². The molecule has 29 heavy (non-hydrogen) atoms. The number of carboxylic acid groups (broad SMARTS) is 1. The molecule has 0 aliphatic rings. The van der Waals surface area contributed by atoms with Crippen molar-refractivity contribution in [3.63, 3.8) is 0 Å². The fraction of sp³-hybridized carbons (Fsp3) is 0. The van der Waals surface area contributed by atoms with E-state index in [1.54, 1.807) is 30.3 Å². The second-order valence-corrected chi connectivity index (χ2v) is 7.77. The van der Waals surface area contributed by atoms with Crippen LogP contribution < -0.4 is 10.0 Å². The number of phenols is 1. The second kappa shape index (κ2) is 7.64. The van der Waals surface area contributed by atoms with Gasteiger partial charge in [-0.15, -0.1) is 0 Å². The lowest BCUT2D eigenvalue weighted by atomic mass is 10.1. The van der Waals surface area contributed by atoms with Crippen LogP contribution in [0.15, 0.2) is 77.7 Å². The van der Waals surface area contributed by atoms with E-state index in [1.165, 1.54) is 24.3 Å². The number of nitrogens with zero attached hydrogens (tertiary/aromatic N) is 1. The van der Waals surface area contributed by atoms with Gasteiger partial charge in [-0.2, -0.15) is 4.31 Å².